The first-order chi connectivity index (χ1) is 15.4. The molecule has 1 N–H and O–H groups in total. The molecule has 1 fully saturated rings. The molecule has 0 aromatic heterocycles. The summed E-state index contributed by atoms with van der Waals surface area (Å²) in [6.07, 6.45) is -4.63. The van der Waals surface area contributed by atoms with Crippen molar-refractivity contribution in [1.29, 1.82) is 0 Å². The Labute approximate surface area is 196 Å². The molecule has 2 aromatic carbocycles. The van der Waals surface area contributed by atoms with Crippen LogP contribution in [-0.2, 0) is 21.0 Å². The summed E-state index contributed by atoms with van der Waals surface area (Å²) in [6, 6.07) is 9.98. The summed E-state index contributed by atoms with van der Waals surface area (Å²) in [5.41, 5.74) is 0.0119. The number of hydrogen-bond donors (Lipinski definition) is 1. The second kappa shape index (κ2) is 10.0. The van der Waals surface area contributed by atoms with Gasteiger partial charge in [0.2, 0.25) is 15.9 Å². The van der Waals surface area contributed by atoms with Crippen LogP contribution in [0.2, 0.25) is 5.02 Å². The van der Waals surface area contributed by atoms with Crippen molar-refractivity contribution in [3.63, 3.8) is 0 Å². The predicted molar refractivity (Wildman–Crippen MR) is 121 cm³/mol. The Bertz CT molecular complexity index is 1100. The van der Waals surface area contributed by atoms with Gasteiger partial charge in [0.15, 0.2) is 0 Å². The lowest BCUT2D eigenvalue weighted by atomic mass is 10.0. The molecule has 0 radical (unpaired) electrons. The maximum absolute atomic E-state index is 13.0. The molecule has 3 rings (SSSR count). The molecule has 33 heavy (non-hydrogen) atoms. The van der Waals surface area contributed by atoms with E-state index in [9.17, 15) is 26.4 Å². The van der Waals surface area contributed by atoms with E-state index in [0.29, 0.717) is 19.0 Å². The highest BCUT2D eigenvalue weighted by atomic mass is 35.5. The number of nitrogens with zero attached hydrogens (tertiary/aromatic N) is 2. The fourth-order valence-electron chi connectivity index (χ4n) is 3.53. The number of benzene rings is 2. The van der Waals surface area contributed by atoms with Crippen LogP contribution in [0.3, 0.4) is 0 Å². The third kappa shape index (κ3) is 6.26. The van der Waals surface area contributed by atoms with E-state index in [-0.39, 0.29) is 30.2 Å². The minimum absolute atomic E-state index is 0.0113. The van der Waals surface area contributed by atoms with Gasteiger partial charge in [-0.2, -0.15) is 17.5 Å². The molecular weight excluding hydrogens is 479 g/mol. The smallest absolute Gasteiger partial charge is 0.325 e. The molecule has 1 aliphatic heterocycles. The Morgan fingerprint density at radius 2 is 1.67 bits per heavy atom. The zero-order valence-corrected chi connectivity index (χ0v) is 19.8. The number of amides is 1. The quantitative estimate of drug-likeness (QED) is 0.633. The molecule has 1 saturated heterocycles. The van der Waals surface area contributed by atoms with Crippen LogP contribution in [0.1, 0.15) is 30.9 Å². The van der Waals surface area contributed by atoms with E-state index in [2.05, 4.69) is 5.32 Å². The minimum atomic E-state index is -4.63. The zero-order valence-electron chi connectivity index (χ0n) is 18.2. The van der Waals surface area contributed by atoms with Crippen LogP contribution in [0.5, 0.6) is 0 Å². The molecule has 6 nitrogen and oxygen atoms in total. The summed E-state index contributed by atoms with van der Waals surface area (Å²) >= 11 is 5.59. The van der Waals surface area contributed by atoms with Gasteiger partial charge >= 0.3 is 6.18 Å². The van der Waals surface area contributed by atoms with Crippen molar-refractivity contribution in [3.05, 3.63) is 58.6 Å². The molecule has 1 heterocycles. The standard InChI is InChI=1S/C22H25ClF3N3O3S/c1-15(2)16-3-6-18(7-4-16)33(31,32)29-11-9-28(10-12-29)14-21(30)27-17-5-8-20(23)19(13-17)22(24,25)26/h3-8,13,15H,9-12,14H2,1-2H3,(H,27,30). The average Bonchev–Trinajstić information content (AvgIpc) is 2.74. The van der Waals surface area contributed by atoms with Crippen molar-refractivity contribution in [2.75, 3.05) is 38.0 Å². The fraction of sp³-hybridized carbons (Fsp3) is 0.409. The summed E-state index contributed by atoms with van der Waals surface area (Å²) in [5, 5.41) is 1.99. The van der Waals surface area contributed by atoms with Crippen LogP contribution in [0.25, 0.3) is 0 Å². The van der Waals surface area contributed by atoms with Crippen molar-refractivity contribution in [2.45, 2.75) is 30.8 Å². The Morgan fingerprint density at radius 1 is 1.06 bits per heavy atom. The van der Waals surface area contributed by atoms with Crippen molar-refractivity contribution < 1.29 is 26.4 Å². The van der Waals surface area contributed by atoms with E-state index in [1.165, 1.54) is 10.4 Å². The van der Waals surface area contributed by atoms with Crippen LogP contribution < -0.4 is 5.32 Å². The van der Waals surface area contributed by atoms with Gasteiger partial charge in [0.05, 0.1) is 22.0 Å². The Hall–Kier alpha value is -2.14. The van der Waals surface area contributed by atoms with Gasteiger partial charge in [-0.3, -0.25) is 9.69 Å². The SMILES string of the molecule is CC(C)c1ccc(S(=O)(=O)N2CCN(CC(=O)Nc3ccc(Cl)c(C(F)(F)F)c3)CC2)cc1. The van der Waals surface area contributed by atoms with Crippen LogP contribution in [0, 0.1) is 0 Å². The van der Waals surface area contributed by atoms with Crippen molar-refractivity contribution in [2.24, 2.45) is 0 Å². The third-order valence-electron chi connectivity index (χ3n) is 5.44. The first-order valence-corrected chi connectivity index (χ1v) is 12.2. The number of rotatable bonds is 6. The van der Waals surface area contributed by atoms with Crippen LogP contribution >= 0.6 is 11.6 Å². The van der Waals surface area contributed by atoms with Gasteiger partial charge in [0.25, 0.3) is 0 Å². The second-order valence-electron chi connectivity index (χ2n) is 8.14. The largest absolute Gasteiger partial charge is 0.417 e. The number of sulfonamides is 1. The Balaban J connectivity index is 1.56. The third-order valence-corrected chi connectivity index (χ3v) is 7.68. The summed E-state index contributed by atoms with van der Waals surface area (Å²) in [7, 11) is -3.64. The molecular formula is C22H25ClF3N3O3S. The number of halogens is 4. The van der Waals surface area contributed by atoms with E-state index in [1.54, 1.807) is 29.2 Å². The number of anilines is 1. The normalized spacial score (nSPS) is 16.2. The highest BCUT2D eigenvalue weighted by Gasteiger charge is 2.33. The van der Waals surface area contributed by atoms with E-state index in [1.807, 2.05) is 13.8 Å². The maximum atomic E-state index is 13.0. The predicted octanol–water partition coefficient (Wildman–Crippen LogP) is 4.43. The molecule has 1 aliphatic rings. The maximum Gasteiger partial charge on any atom is 0.417 e. The molecule has 0 aliphatic carbocycles. The zero-order chi connectivity index (χ0) is 24.4. The molecule has 180 valence electrons. The second-order valence-corrected chi connectivity index (χ2v) is 10.5. The van der Waals surface area contributed by atoms with E-state index in [0.717, 1.165) is 17.7 Å². The van der Waals surface area contributed by atoms with Crippen molar-refractivity contribution in [3.8, 4) is 0 Å². The van der Waals surface area contributed by atoms with Crippen molar-refractivity contribution >= 4 is 33.2 Å². The molecule has 0 atom stereocenters. The molecule has 0 bridgehead atoms. The van der Waals surface area contributed by atoms with Crippen LogP contribution in [0.15, 0.2) is 47.4 Å². The number of piperazine rings is 1. The Morgan fingerprint density at radius 3 is 2.21 bits per heavy atom. The molecule has 11 heteroatoms. The van der Waals surface area contributed by atoms with Gasteiger partial charge in [-0.15, -0.1) is 0 Å². The summed E-state index contributed by atoms with van der Waals surface area (Å²) in [6.45, 7) is 5.06. The monoisotopic (exact) mass is 503 g/mol. The van der Waals surface area contributed by atoms with Gasteiger partial charge in [-0.05, 0) is 41.8 Å². The number of hydrogen-bond acceptors (Lipinski definition) is 4. The van der Waals surface area contributed by atoms with E-state index in [4.69, 9.17) is 11.6 Å². The van der Waals surface area contributed by atoms with Gasteiger partial charge in [0, 0.05) is 31.9 Å². The lowest BCUT2D eigenvalue weighted by molar-refractivity contribution is -0.137. The van der Waals surface area contributed by atoms with Gasteiger partial charge < -0.3 is 5.32 Å². The first kappa shape index (κ1) is 25.5. The van der Waals surface area contributed by atoms with Gasteiger partial charge in [-0.25, -0.2) is 8.42 Å². The summed E-state index contributed by atoms with van der Waals surface area (Å²) in [5.74, 6) is -0.199. The number of carbonyl (C=O) groups excluding carboxylic acids is 1. The first-order valence-electron chi connectivity index (χ1n) is 10.4. The van der Waals surface area contributed by atoms with Gasteiger partial charge in [-0.1, -0.05) is 37.6 Å². The highest BCUT2D eigenvalue weighted by Crippen LogP contribution is 2.36. The Kier molecular flexibility index (Phi) is 7.73. The summed E-state index contributed by atoms with van der Waals surface area (Å²) < 4.78 is 66.2. The highest BCUT2D eigenvalue weighted by molar-refractivity contribution is 7.89. The molecule has 0 unspecified atom stereocenters. The summed E-state index contributed by atoms with van der Waals surface area (Å²) in [4.78, 5) is 14.3. The van der Waals surface area contributed by atoms with E-state index < -0.39 is 32.7 Å². The lowest BCUT2D eigenvalue weighted by Gasteiger charge is -2.33. The molecule has 0 saturated carbocycles. The van der Waals surface area contributed by atoms with Crippen LogP contribution in [-0.4, -0.2) is 56.3 Å². The topological polar surface area (TPSA) is 69.7 Å². The number of nitrogens with one attached hydrogen (secondary N) is 1. The minimum Gasteiger partial charge on any atom is -0.325 e. The fourth-order valence-corrected chi connectivity index (χ4v) is 5.17. The molecule has 1 amide bonds. The molecule has 2 aromatic rings. The average molecular weight is 504 g/mol. The van der Waals surface area contributed by atoms with E-state index >= 15 is 0 Å². The van der Waals surface area contributed by atoms with Gasteiger partial charge in [0.1, 0.15) is 0 Å². The van der Waals surface area contributed by atoms with Crippen LogP contribution in [0.4, 0.5) is 18.9 Å². The number of alkyl halides is 3. The van der Waals surface area contributed by atoms with Crippen molar-refractivity contribution in [1.82, 2.24) is 9.21 Å². The lowest BCUT2D eigenvalue weighted by Crippen LogP contribution is -2.50. The number of carbonyl (C=O) groups is 1. The molecule has 0 spiro atoms.